The number of carbonyl (C=O) groups excluding carboxylic acids is 1. The second kappa shape index (κ2) is 7.66. The lowest BCUT2D eigenvalue weighted by molar-refractivity contribution is -0.140. The minimum atomic E-state index is -0.207. The molecule has 3 unspecified atom stereocenters. The molecule has 2 aromatic rings. The number of benzene rings is 1. The van der Waals surface area contributed by atoms with Crippen molar-refractivity contribution < 1.29 is 14.1 Å². The van der Waals surface area contributed by atoms with E-state index in [1.807, 2.05) is 29.2 Å². The van der Waals surface area contributed by atoms with Gasteiger partial charge in [0.1, 0.15) is 11.8 Å². The van der Waals surface area contributed by atoms with Crippen molar-refractivity contribution in [1.82, 2.24) is 25.9 Å². The molecule has 0 aliphatic carbocycles. The van der Waals surface area contributed by atoms with Crippen molar-refractivity contribution in [3.63, 3.8) is 0 Å². The third-order valence-electron chi connectivity index (χ3n) is 5.37. The number of nitrogens with one attached hydrogen (secondary N) is 2. The number of nitrogens with zero attached hydrogens (tertiary/aromatic N) is 3. The molecule has 8 heteroatoms. The van der Waals surface area contributed by atoms with Crippen molar-refractivity contribution >= 4 is 5.91 Å². The van der Waals surface area contributed by atoms with Gasteiger partial charge in [0.2, 0.25) is 11.8 Å². The summed E-state index contributed by atoms with van der Waals surface area (Å²) in [5.41, 5.74) is 7.42. The van der Waals surface area contributed by atoms with Crippen molar-refractivity contribution in [2.45, 2.75) is 38.3 Å². The van der Waals surface area contributed by atoms with Gasteiger partial charge in [-0.15, -0.1) is 0 Å². The van der Waals surface area contributed by atoms with Crippen molar-refractivity contribution in [2.24, 2.45) is 5.92 Å². The van der Waals surface area contributed by atoms with Crippen LogP contribution in [-0.2, 0) is 4.79 Å². The molecule has 2 aliphatic rings. The SMILES string of the molecule is COc1cccc(C2NNCC2C(=O)N2CCCCC2c2nc(C)no2)c1. The first kappa shape index (κ1) is 17.9. The van der Waals surface area contributed by atoms with E-state index in [0.717, 1.165) is 30.6 Å². The van der Waals surface area contributed by atoms with E-state index in [1.165, 1.54) is 0 Å². The quantitative estimate of drug-likeness (QED) is 0.848. The van der Waals surface area contributed by atoms with Crippen LogP contribution in [0, 0.1) is 12.8 Å². The normalized spacial score (nSPS) is 25.6. The summed E-state index contributed by atoms with van der Waals surface area (Å²) in [5, 5.41) is 3.90. The van der Waals surface area contributed by atoms with Crippen LogP contribution >= 0.6 is 0 Å². The van der Waals surface area contributed by atoms with Crippen molar-refractivity contribution in [1.29, 1.82) is 0 Å². The third-order valence-corrected chi connectivity index (χ3v) is 5.37. The van der Waals surface area contributed by atoms with Gasteiger partial charge in [0, 0.05) is 13.1 Å². The summed E-state index contributed by atoms with van der Waals surface area (Å²) in [5.74, 6) is 1.83. The molecule has 1 aromatic carbocycles. The highest BCUT2D eigenvalue weighted by molar-refractivity contribution is 5.81. The zero-order valence-electron chi connectivity index (χ0n) is 15.6. The highest BCUT2D eigenvalue weighted by Crippen LogP contribution is 2.35. The first-order valence-electron chi connectivity index (χ1n) is 9.40. The molecule has 2 saturated heterocycles. The second-order valence-corrected chi connectivity index (χ2v) is 7.11. The zero-order chi connectivity index (χ0) is 18.8. The summed E-state index contributed by atoms with van der Waals surface area (Å²) >= 11 is 0. The highest BCUT2D eigenvalue weighted by atomic mass is 16.5. The number of hydrogen-bond donors (Lipinski definition) is 2. The summed E-state index contributed by atoms with van der Waals surface area (Å²) in [7, 11) is 1.65. The lowest BCUT2D eigenvalue weighted by atomic mass is 9.91. The monoisotopic (exact) mass is 371 g/mol. The molecule has 2 aliphatic heterocycles. The Bertz CT molecular complexity index is 808. The minimum Gasteiger partial charge on any atom is -0.497 e. The number of aromatic nitrogens is 2. The Morgan fingerprint density at radius 3 is 3.04 bits per heavy atom. The van der Waals surface area contributed by atoms with Gasteiger partial charge in [-0.1, -0.05) is 17.3 Å². The largest absolute Gasteiger partial charge is 0.497 e. The Labute approximate surface area is 158 Å². The molecule has 0 bridgehead atoms. The maximum absolute atomic E-state index is 13.5. The molecular formula is C19H25N5O3. The highest BCUT2D eigenvalue weighted by Gasteiger charge is 2.41. The Balaban J connectivity index is 1.57. The number of piperidine rings is 1. The number of methoxy groups -OCH3 is 1. The van der Waals surface area contributed by atoms with E-state index in [2.05, 4.69) is 21.0 Å². The van der Waals surface area contributed by atoms with E-state index in [1.54, 1.807) is 14.0 Å². The van der Waals surface area contributed by atoms with Crippen molar-refractivity contribution in [3.8, 4) is 5.75 Å². The Kier molecular flexibility index (Phi) is 5.09. The fourth-order valence-electron chi connectivity index (χ4n) is 3.99. The van der Waals surface area contributed by atoms with Gasteiger partial charge in [0.25, 0.3) is 0 Å². The maximum Gasteiger partial charge on any atom is 0.249 e. The fourth-order valence-corrected chi connectivity index (χ4v) is 3.99. The molecule has 27 heavy (non-hydrogen) atoms. The minimum absolute atomic E-state index is 0.111. The van der Waals surface area contributed by atoms with Gasteiger partial charge >= 0.3 is 0 Å². The molecule has 4 rings (SSSR count). The smallest absolute Gasteiger partial charge is 0.249 e. The predicted molar refractivity (Wildman–Crippen MR) is 97.7 cm³/mol. The van der Waals surface area contributed by atoms with Crippen LogP contribution in [0.25, 0.3) is 0 Å². The van der Waals surface area contributed by atoms with E-state index in [0.29, 0.717) is 24.8 Å². The Morgan fingerprint density at radius 1 is 1.37 bits per heavy atom. The number of hydrazine groups is 1. The van der Waals surface area contributed by atoms with E-state index in [-0.39, 0.29) is 23.9 Å². The zero-order valence-corrected chi connectivity index (χ0v) is 15.6. The van der Waals surface area contributed by atoms with Gasteiger partial charge in [-0.2, -0.15) is 4.98 Å². The van der Waals surface area contributed by atoms with Crippen LogP contribution in [-0.4, -0.2) is 41.1 Å². The summed E-state index contributed by atoms with van der Waals surface area (Å²) in [4.78, 5) is 19.7. The van der Waals surface area contributed by atoms with E-state index in [9.17, 15) is 4.79 Å². The first-order chi connectivity index (χ1) is 13.2. The van der Waals surface area contributed by atoms with Gasteiger partial charge in [-0.3, -0.25) is 10.2 Å². The second-order valence-electron chi connectivity index (χ2n) is 7.11. The molecule has 1 aromatic heterocycles. The summed E-state index contributed by atoms with van der Waals surface area (Å²) < 4.78 is 10.7. The van der Waals surface area contributed by atoms with Gasteiger partial charge in [0.15, 0.2) is 5.82 Å². The standard InChI is InChI=1S/C19H25N5O3/c1-12-21-18(27-23-12)16-8-3-4-9-24(16)19(25)15-11-20-22-17(15)13-6-5-7-14(10-13)26-2/h5-7,10,15-17,20,22H,3-4,8-9,11H2,1-2H3. The predicted octanol–water partition coefficient (Wildman–Crippen LogP) is 1.91. The molecule has 0 saturated carbocycles. The molecule has 8 nitrogen and oxygen atoms in total. The van der Waals surface area contributed by atoms with Crippen molar-refractivity contribution in [2.75, 3.05) is 20.2 Å². The fraction of sp³-hybridized carbons (Fsp3) is 0.526. The molecule has 144 valence electrons. The first-order valence-corrected chi connectivity index (χ1v) is 9.40. The molecule has 3 atom stereocenters. The summed E-state index contributed by atoms with van der Waals surface area (Å²) in [6.07, 6.45) is 2.90. The summed E-state index contributed by atoms with van der Waals surface area (Å²) in [6.45, 7) is 3.09. The molecule has 0 radical (unpaired) electrons. The van der Waals surface area contributed by atoms with E-state index < -0.39 is 0 Å². The number of amides is 1. The van der Waals surface area contributed by atoms with Crippen LogP contribution in [0.3, 0.4) is 0 Å². The van der Waals surface area contributed by atoms with Crippen LogP contribution in [0.15, 0.2) is 28.8 Å². The molecule has 3 heterocycles. The maximum atomic E-state index is 13.5. The Morgan fingerprint density at radius 2 is 2.26 bits per heavy atom. The Hall–Kier alpha value is -2.45. The topological polar surface area (TPSA) is 92.5 Å². The lowest BCUT2D eigenvalue weighted by Crippen LogP contribution is -2.44. The average Bonchev–Trinajstić information content (AvgIpc) is 3.36. The average molecular weight is 371 g/mol. The van der Waals surface area contributed by atoms with Gasteiger partial charge in [0.05, 0.1) is 19.1 Å². The molecular weight excluding hydrogens is 346 g/mol. The van der Waals surface area contributed by atoms with Gasteiger partial charge in [-0.25, -0.2) is 5.43 Å². The lowest BCUT2D eigenvalue weighted by Gasteiger charge is -2.36. The number of aryl methyl sites for hydroxylation is 1. The van der Waals surface area contributed by atoms with Crippen LogP contribution in [0.4, 0.5) is 0 Å². The molecule has 1 amide bonds. The van der Waals surface area contributed by atoms with Crippen LogP contribution in [0.1, 0.15) is 48.6 Å². The molecule has 0 spiro atoms. The van der Waals surface area contributed by atoms with Crippen LogP contribution in [0.5, 0.6) is 5.75 Å². The van der Waals surface area contributed by atoms with Crippen LogP contribution < -0.4 is 15.6 Å². The van der Waals surface area contributed by atoms with Crippen LogP contribution in [0.2, 0.25) is 0 Å². The number of rotatable bonds is 4. The van der Waals surface area contributed by atoms with Crippen molar-refractivity contribution in [3.05, 3.63) is 41.5 Å². The number of hydrogen-bond acceptors (Lipinski definition) is 7. The summed E-state index contributed by atoms with van der Waals surface area (Å²) in [6, 6.07) is 7.59. The van der Waals surface area contributed by atoms with Gasteiger partial charge < -0.3 is 14.2 Å². The number of carbonyl (C=O) groups is 1. The van der Waals surface area contributed by atoms with Gasteiger partial charge in [-0.05, 0) is 43.9 Å². The number of ether oxygens (including phenoxy) is 1. The molecule has 2 N–H and O–H groups in total. The third kappa shape index (κ3) is 3.54. The van der Waals surface area contributed by atoms with E-state index in [4.69, 9.17) is 9.26 Å². The number of likely N-dealkylation sites (tertiary alicyclic amines) is 1. The molecule has 2 fully saturated rings. The van der Waals surface area contributed by atoms with E-state index >= 15 is 0 Å².